The van der Waals surface area contributed by atoms with Gasteiger partial charge in [-0.1, -0.05) is 19.8 Å². The summed E-state index contributed by atoms with van der Waals surface area (Å²) in [5.41, 5.74) is 0.958. The van der Waals surface area contributed by atoms with Crippen LogP contribution in [0.1, 0.15) is 57.6 Å². The van der Waals surface area contributed by atoms with Crippen molar-refractivity contribution >= 4 is 5.82 Å². The van der Waals surface area contributed by atoms with Gasteiger partial charge in [-0.2, -0.15) is 0 Å². The first-order valence-corrected chi connectivity index (χ1v) is 7.59. The first-order chi connectivity index (χ1) is 9.20. The van der Waals surface area contributed by atoms with E-state index in [0.717, 1.165) is 30.4 Å². The smallest absolute Gasteiger partial charge is 0.128 e. The maximum atomic E-state index is 9.67. The third-order valence-electron chi connectivity index (χ3n) is 4.12. The molecular formula is C16H26N2O. The molecule has 0 amide bonds. The number of aromatic nitrogens is 1. The Hall–Kier alpha value is -1.09. The number of anilines is 1. The summed E-state index contributed by atoms with van der Waals surface area (Å²) in [6, 6.07) is 3.93. The predicted molar refractivity (Wildman–Crippen MR) is 79.3 cm³/mol. The van der Waals surface area contributed by atoms with E-state index >= 15 is 0 Å². The van der Waals surface area contributed by atoms with Crippen LogP contribution in [0.3, 0.4) is 0 Å². The van der Waals surface area contributed by atoms with Crippen molar-refractivity contribution in [2.45, 2.75) is 52.1 Å². The van der Waals surface area contributed by atoms with E-state index in [1.807, 2.05) is 18.3 Å². The predicted octanol–water partition coefficient (Wildman–Crippen LogP) is 3.54. The molecule has 1 fully saturated rings. The van der Waals surface area contributed by atoms with Crippen LogP contribution in [0.5, 0.6) is 0 Å². The van der Waals surface area contributed by atoms with Crippen LogP contribution in [-0.2, 0) is 0 Å². The third kappa shape index (κ3) is 3.93. The van der Waals surface area contributed by atoms with Crippen LogP contribution in [-0.4, -0.2) is 23.2 Å². The molecule has 1 aromatic heterocycles. The fourth-order valence-electron chi connectivity index (χ4n) is 2.96. The van der Waals surface area contributed by atoms with E-state index in [1.54, 1.807) is 6.92 Å². The Balaban J connectivity index is 2.03. The van der Waals surface area contributed by atoms with Crippen LogP contribution < -0.4 is 4.90 Å². The van der Waals surface area contributed by atoms with Gasteiger partial charge in [0, 0.05) is 19.3 Å². The van der Waals surface area contributed by atoms with E-state index in [0.29, 0.717) is 0 Å². The van der Waals surface area contributed by atoms with Crippen molar-refractivity contribution in [1.82, 2.24) is 4.98 Å². The molecule has 2 heterocycles. The topological polar surface area (TPSA) is 36.4 Å². The molecule has 2 atom stereocenters. The summed E-state index contributed by atoms with van der Waals surface area (Å²) in [4.78, 5) is 6.85. The average Bonchev–Trinajstić information content (AvgIpc) is 2.65. The number of rotatable bonds is 4. The minimum atomic E-state index is -0.415. The van der Waals surface area contributed by atoms with Gasteiger partial charge in [-0.3, -0.25) is 0 Å². The lowest BCUT2D eigenvalue weighted by atomic mass is 9.96. The molecule has 0 aliphatic carbocycles. The van der Waals surface area contributed by atoms with Gasteiger partial charge in [0.05, 0.1) is 6.10 Å². The van der Waals surface area contributed by atoms with Crippen molar-refractivity contribution in [2.24, 2.45) is 5.92 Å². The van der Waals surface area contributed by atoms with Crippen molar-refractivity contribution in [3.63, 3.8) is 0 Å². The van der Waals surface area contributed by atoms with Gasteiger partial charge in [0.15, 0.2) is 0 Å². The molecule has 1 aromatic rings. The van der Waals surface area contributed by atoms with E-state index in [-0.39, 0.29) is 0 Å². The molecule has 0 saturated carbocycles. The first kappa shape index (κ1) is 14.3. The van der Waals surface area contributed by atoms with E-state index < -0.39 is 6.10 Å². The Labute approximate surface area is 116 Å². The second kappa shape index (κ2) is 6.90. The van der Waals surface area contributed by atoms with Crippen LogP contribution in [0.4, 0.5) is 5.82 Å². The molecule has 3 nitrogen and oxygen atoms in total. The summed E-state index contributed by atoms with van der Waals surface area (Å²) in [7, 11) is 0. The monoisotopic (exact) mass is 262 g/mol. The summed E-state index contributed by atoms with van der Waals surface area (Å²) in [5, 5.41) is 9.67. The Kier molecular flexibility index (Phi) is 5.20. The molecule has 0 spiro atoms. The maximum Gasteiger partial charge on any atom is 0.128 e. The summed E-state index contributed by atoms with van der Waals surface area (Å²) < 4.78 is 0. The molecule has 3 heteroatoms. The van der Waals surface area contributed by atoms with Crippen LogP contribution in [0.25, 0.3) is 0 Å². The second-order valence-corrected chi connectivity index (χ2v) is 5.70. The first-order valence-electron chi connectivity index (χ1n) is 7.59. The lowest BCUT2D eigenvalue weighted by Gasteiger charge is -2.22. The highest BCUT2D eigenvalue weighted by molar-refractivity contribution is 5.41. The fourth-order valence-corrected chi connectivity index (χ4v) is 2.96. The SMILES string of the molecule is CCCC1CCCN(c2cc(C(C)O)ccn2)CC1. The number of pyridine rings is 1. The molecule has 1 N–H and O–H groups in total. The summed E-state index contributed by atoms with van der Waals surface area (Å²) in [5.74, 6) is 1.91. The summed E-state index contributed by atoms with van der Waals surface area (Å²) >= 11 is 0. The molecule has 0 aromatic carbocycles. The zero-order valence-electron chi connectivity index (χ0n) is 12.2. The largest absolute Gasteiger partial charge is 0.389 e. The van der Waals surface area contributed by atoms with Gasteiger partial charge in [0.2, 0.25) is 0 Å². The number of hydrogen-bond donors (Lipinski definition) is 1. The van der Waals surface area contributed by atoms with Gasteiger partial charge in [0.25, 0.3) is 0 Å². The van der Waals surface area contributed by atoms with Gasteiger partial charge < -0.3 is 10.0 Å². The summed E-state index contributed by atoms with van der Waals surface area (Å²) in [6.07, 6.45) is 7.92. The number of nitrogens with zero attached hydrogens (tertiary/aromatic N) is 2. The van der Waals surface area contributed by atoms with Crippen LogP contribution in [0.15, 0.2) is 18.3 Å². The van der Waals surface area contributed by atoms with Crippen molar-refractivity contribution in [1.29, 1.82) is 0 Å². The molecule has 0 bridgehead atoms. The van der Waals surface area contributed by atoms with Crippen molar-refractivity contribution < 1.29 is 5.11 Å². The number of aliphatic hydroxyl groups is 1. The Bertz CT molecular complexity index is 392. The molecular weight excluding hydrogens is 236 g/mol. The van der Waals surface area contributed by atoms with Gasteiger partial charge in [-0.15, -0.1) is 0 Å². The zero-order chi connectivity index (χ0) is 13.7. The van der Waals surface area contributed by atoms with Crippen LogP contribution >= 0.6 is 0 Å². The van der Waals surface area contributed by atoms with Crippen molar-refractivity contribution in [3.05, 3.63) is 23.9 Å². The molecule has 19 heavy (non-hydrogen) atoms. The highest BCUT2D eigenvalue weighted by Gasteiger charge is 2.17. The van der Waals surface area contributed by atoms with E-state index in [1.165, 1.54) is 32.1 Å². The zero-order valence-corrected chi connectivity index (χ0v) is 12.2. The second-order valence-electron chi connectivity index (χ2n) is 5.70. The van der Waals surface area contributed by atoms with E-state index in [4.69, 9.17) is 0 Å². The lowest BCUT2D eigenvalue weighted by molar-refractivity contribution is 0.199. The van der Waals surface area contributed by atoms with Gasteiger partial charge in [-0.05, 0) is 49.8 Å². The normalized spacial score (nSPS) is 22.1. The Morgan fingerprint density at radius 1 is 1.42 bits per heavy atom. The molecule has 0 radical (unpaired) electrons. The fraction of sp³-hybridized carbons (Fsp3) is 0.688. The number of aliphatic hydroxyl groups excluding tert-OH is 1. The third-order valence-corrected chi connectivity index (χ3v) is 4.12. The Morgan fingerprint density at radius 2 is 2.26 bits per heavy atom. The van der Waals surface area contributed by atoms with Crippen LogP contribution in [0, 0.1) is 5.92 Å². The highest BCUT2D eigenvalue weighted by Crippen LogP contribution is 2.25. The van der Waals surface area contributed by atoms with Gasteiger partial charge in [0.1, 0.15) is 5.82 Å². The molecule has 1 aliphatic rings. The van der Waals surface area contributed by atoms with Crippen molar-refractivity contribution in [3.8, 4) is 0 Å². The van der Waals surface area contributed by atoms with Crippen LogP contribution in [0.2, 0.25) is 0 Å². The molecule has 1 saturated heterocycles. The molecule has 106 valence electrons. The quantitative estimate of drug-likeness (QED) is 0.901. The van der Waals surface area contributed by atoms with Crippen molar-refractivity contribution in [2.75, 3.05) is 18.0 Å². The highest BCUT2D eigenvalue weighted by atomic mass is 16.3. The maximum absolute atomic E-state index is 9.67. The Morgan fingerprint density at radius 3 is 3.00 bits per heavy atom. The minimum absolute atomic E-state index is 0.415. The average molecular weight is 262 g/mol. The summed E-state index contributed by atoms with van der Waals surface area (Å²) in [6.45, 7) is 6.27. The lowest BCUT2D eigenvalue weighted by Crippen LogP contribution is -2.25. The van der Waals surface area contributed by atoms with Gasteiger partial charge >= 0.3 is 0 Å². The molecule has 2 unspecified atom stereocenters. The minimum Gasteiger partial charge on any atom is -0.389 e. The molecule has 1 aliphatic heterocycles. The standard InChI is InChI=1S/C16H26N2O/c1-3-5-14-6-4-10-18(11-8-14)16-12-15(13(2)19)7-9-17-16/h7,9,12-14,19H,3-6,8,10-11H2,1-2H3. The molecule has 2 rings (SSSR count). The van der Waals surface area contributed by atoms with E-state index in [2.05, 4.69) is 16.8 Å². The van der Waals surface area contributed by atoms with E-state index in [9.17, 15) is 5.11 Å². The number of hydrogen-bond acceptors (Lipinski definition) is 3. The van der Waals surface area contributed by atoms with Gasteiger partial charge in [-0.25, -0.2) is 4.98 Å².